The van der Waals surface area contributed by atoms with Crippen LogP contribution in [0.2, 0.25) is 5.02 Å². The van der Waals surface area contributed by atoms with Crippen LogP contribution in [0.1, 0.15) is 33.6 Å². The summed E-state index contributed by atoms with van der Waals surface area (Å²) < 4.78 is 0. The van der Waals surface area contributed by atoms with E-state index in [4.69, 9.17) is 11.6 Å². The molecule has 0 aliphatic rings. The van der Waals surface area contributed by atoms with E-state index in [0.29, 0.717) is 43.7 Å². The molecule has 0 aliphatic carbocycles. The molecule has 0 aliphatic heterocycles. The molecule has 0 fully saturated rings. The number of aliphatic hydroxyl groups is 1. The quantitative estimate of drug-likeness (QED) is 0.333. The maximum atomic E-state index is 12.3. The lowest BCUT2D eigenvalue weighted by Gasteiger charge is -2.30. The van der Waals surface area contributed by atoms with Crippen LogP contribution in [-0.4, -0.2) is 15.1 Å². The Morgan fingerprint density at radius 2 is 1.51 bits per heavy atom. The number of nitrogens with zero attached hydrogens (tertiary/aromatic N) is 5. The lowest BCUT2D eigenvalue weighted by atomic mass is 9.80. The van der Waals surface area contributed by atoms with Gasteiger partial charge in [0.2, 0.25) is 0 Å². The zero-order valence-corrected chi connectivity index (χ0v) is 20.0. The molecule has 7 heteroatoms. The molecule has 6 nitrogen and oxygen atoms in total. The van der Waals surface area contributed by atoms with Crippen LogP contribution in [0.5, 0.6) is 0 Å². The van der Waals surface area contributed by atoms with E-state index in [1.807, 2.05) is 36.4 Å². The van der Waals surface area contributed by atoms with Crippen molar-refractivity contribution in [3.05, 3.63) is 130 Å². The van der Waals surface area contributed by atoms with Crippen LogP contribution in [0, 0.1) is 34.0 Å². The van der Waals surface area contributed by atoms with Crippen LogP contribution in [0.25, 0.3) is 22.0 Å². The summed E-state index contributed by atoms with van der Waals surface area (Å²) in [6.45, 7) is 0. The van der Waals surface area contributed by atoms with E-state index in [1.54, 1.807) is 48.5 Å². The number of pyridine rings is 2. The molecule has 1 unspecified atom stereocenters. The Bertz CT molecular complexity index is 1780. The van der Waals surface area contributed by atoms with Gasteiger partial charge in [0.25, 0.3) is 0 Å². The molecule has 5 aromatic rings. The molecular weight excluding hydrogens is 482 g/mol. The Kier molecular flexibility index (Phi) is 6.10. The molecule has 0 amide bonds. The predicted octanol–water partition coefficient (Wildman–Crippen LogP) is 5.85. The van der Waals surface area contributed by atoms with Gasteiger partial charge >= 0.3 is 0 Å². The van der Waals surface area contributed by atoms with Gasteiger partial charge < -0.3 is 5.11 Å². The number of nitriles is 3. The largest absolute Gasteiger partial charge is 0.376 e. The summed E-state index contributed by atoms with van der Waals surface area (Å²) >= 11 is 6.28. The van der Waals surface area contributed by atoms with Crippen molar-refractivity contribution >= 4 is 22.5 Å². The molecule has 5 rings (SSSR count). The summed E-state index contributed by atoms with van der Waals surface area (Å²) in [7, 11) is 0. The highest BCUT2D eigenvalue weighted by molar-refractivity contribution is 6.30. The topological polar surface area (TPSA) is 117 Å². The van der Waals surface area contributed by atoms with E-state index in [-0.39, 0.29) is 17.0 Å². The molecule has 0 saturated carbocycles. The SMILES string of the molecule is N#Cc1ccc(C(O)(c2cccc(Cl)c2)c2ccc3nc(C#N)c(-c4ccccc4)c(C#N)c3c2)cn1. The fraction of sp³-hybridized carbons (Fsp3) is 0.0333. The number of hydrogen-bond donors (Lipinski definition) is 1. The summed E-state index contributed by atoms with van der Waals surface area (Å²) in [5, 5.41) is 42.4. The number of rotatable bonds is 4. The Balaban J connectivity index is 1.83. The minimum absolute atomic E-state index is 0.143. The molecule has 2 heterocycles. The van der Waals surface area contributed by atoms with E-state index in [0.717, 1.165) is 0 Å². The average Bonchev–Trinajstić information content (AvgIpc) is 2.95. The maximum absolute atomic E-state index is 12.3. The second-order valence-corrected chi connectivity index (χ2v) is 8.73. The smallest absolute Gasteiger partial charge is 0.150 e. The van der Waals surface area contributed by atoms with Gasteiger partial charge in [0.1, 0.15) is 35.2 Å². The van der Waals surface area contributed by atoms with Crippen molar-refractivity contribution in [1.82, 2.24) is 9.97 Å². The third kappa shape index (κ3) is 4.05. The standard InChI is InChI=1S/C30H16ClN5O/c31-23-8-4-7-20(13-23)30(37,22-9-11-24(15-32)35-18-22)21-10-12-27-25(14-21)26(16-33)29(28(17-34)36-27)19-5-2-1-3-6-19/h1-14,18,37H. The molecule has 0 spiro atoms. The van der Waals surface area contributed by atoms with Gasteiger partial charge in [0.05, 0.1) is 11.1 Å². The van der Waals surface area contributed by atoms with Gasteiger partial charge in [-0.05, 0) is 47.0 Å². The summed E-state index contributed by atoms with van der Waals surface area (Å²) in [5.74, 6) is 0. The van der Waals surface area contributed by atoms with Crippen LogP contribution >= 0.6 is 11.6 Å². The first-order chi connectivity index (χ1) is 18.0. The van der Waals surface area contributed by atoms with Gasteiger partial charge in [-0.15, -0.1) is 0 Å². The number of benzene rings is 3. The molecule has 2 aromatic heterocycles. The zero-order chi connectivity index (χ0) is 26.0. The monoisotopic (exact) mass is 497 g/mol. The Labute approximate surface area is 217 Å². The number of halogens is 1. The van der Waals surface area contributed by atoms with Crippen molar-refractivity contribution in [2.45, 2.75) is 5.60 Å². The Morgan fingerprint density at radius 1 is 0.757 bits per heavy atom. The highest BCUT2D eigenvalue weighted by Crippen LogP contribution is 2.40. The predicted molar refractivity (Wildman–Crippen MR) is 139 cm³/mol. The molecule has 37 heavy (non-hydrogen) atoms. The van der Waals surface area contributed by atoms with Crippen molar-refractivity contribution < 1.29 is 5.11 Å². The van der Waals surface area contributed by atoms with E-state index in [2.05, 4.69) is 22.1 Å². The fourth-order valence-electron chi connectivity index (χ4n) is 4.46. The van der Waals surface area contributed by atoms with Gasteiger partial charge in [0.15, 0.2) is 0 Å². The molecule has 1 N–H and O–H groups in total. The summed E-state index contributed by atoms with van der Waals surface area (Å²) in [4.78, 5) is 8.68. The van der Waals surface area contributed by atoms with Crippen molar-refractivity contribution in [3.63, 3.8) is 0 Å². The van der Waals surface area contributed by atoms with Gasteiger partial charge in [-0.1, -0.05) is 66.2 Å². The highest BCUT2D eigenvalue weighted by atomic mass is 35.5. The lowest BCUT2D eigenvalue weighted by Crippen LogP contribution is -2.29. The van der Waals surface area contributed by atoms with Gasteiger partial charge in [-0.25, -0.2) is 9.97 Å². The van der Waals surface area contributed by atoms with Crippen LogP contribution in [-0.2, 0) is 5.60 Å². The molecule has 174 valence electrons. The molecule has 0 radical (unpaired) electrons. The van der Waals surface area contributed by atoms with Crippen molar-refractivity contribution in [1.29, 1.82) is 15.8 Å². The van der Waals surface area contributed by atoms with E-state index in [9.17, 15) is 20.9 Å². The number of fused-ring (bicyclic) bond motifs is 1. The van der Waals surface area contributed by atoms with Gasteiger partial charge in [-0.3, -0.25) is 0 Å². The van der Waals surface area contributed by atoms with E-state index < -0.39 is 5.60 Å². The molecule has 3 aromatic carbocycles. The minimum atomic E-state index is -1.71. The zero-order valence-electron chi connectivity index (χ0n) is 19.2. The van der Waals surface area contributed by atoms with Gasteiger partial charge in [-0.2, -0.15) is 15.8 Å². The Hall–Kier alpha value is -5.06. The van der Waals surface area contributed by atoms with Crippen molar-refractivity contribution in [3.8, 4) is 29.3 Å². The molecular formula is C30H16ClN5O. The van der Waals surface area contributed by atoms with Crippen LogP contribution < -0.4 is 0 Å². The molecule has 0 saturated heterocycles. The van der Waals surface area contributed by atoms with Crippen molar-refractivity contribution in [2.24, 2.45) is 0 Å². The highest BCUT2D eigenvalue weighted by Gasteiger charge is 2.35. The van der Waals surface area contributed by atoms with E-state index >= 15 is 0 Å². The van der Waals surface area contributed by atoms with Crippen LogP contribution in [0.3, 0.4) is 0 Å². The second kappa shape index (κ2) is 9.53. The maximum Gasteiger partial charge on any atom is 0.150 e. The minimum Gasteiger partial charge on any atom is -0.376 e. The summed E-state index contributed by atoms with van der Waals surface area (Å²) in [6.07, 6.45) is 1.45. The Morgan fingerprint density at radius 3 is 2.16 bits per heavy atom. The number of aromatic nitrogens is 2. The van der Waals surface area contributed by atoms with Crippen LogP contribution in [0.4, 0.5) is 0 Å². The first kappa shape index (κ1) is 23.7. The summed E-state index contributed by atoms with van der Waals surface area (Å²) in [5.41, 5.74) is 1.82. The molecule has 0 bridgehead atoms. The average molecular weight is 498 g/mol. The van der Waals surface area contributed by atoms with Crippen LogP contribution in [0.15, 0.2) is 91.1 Å². The molecule has 1 atom stereocenters. The van der Waals surface area contributed by atoms with Gasteiger partial charge in [0, 0.05) is 27.7 Å². The first-order valence-corrected chi connectivity index (χ1v) is 11.6. The fourth-order valence-corrected chi connectivity index (χ4v) is 4.65. The number of hydrogen-bond acceptors (Lipinski definition) is 6. The van der Waals surface area contributed by atoms with Crippen molar-refractivity contribution in [2.75, 3.05) is 0 Å². The first-order valence-electron chi connectivity index (χ1n) is 11.2. The van der Waals surface area contributed by atoms with E-state index in [1.165, 1.54) is 12.3 Å². The second-order valence-electron chi connectivity index (χ2n) is 8.30. The normalized spacial score (nSPS) is 12.2. The lowest BCUT2D eigenvalue weighted by molar-refractivity contribution is 0.125. The summed E-state index contributed by atoms with van der Waals surface area (Å²) in [6, 6.07) is 30.6. The third-order valence-corrected chi connectivity index (χ3v) is 6.46. The third-order valence-electron chi connectivity index (χ3n) is 6.22.